The highest BCUT2D eigenvalue weighted by Gasteiger charge is 2.47. The van der Waals surface area contributed by atoms with Crippen molar-refractivity contribution in [3.8, 4) is 0 Å². The van der Waals surface area contributed by atoms with Crippen molar-refractivity contribution in [3.63, 3.8) is 0 Å². The van der Waals surface area contributed by atoms with Gasteiger partial charge >= 0.3 is 0 Å². The van der Waals surface area contributed by atoms with Crippen molar-refractivity contribution in [2.24, 2.45) is 5.41 Å². The van der Waals surface area contributed by atoms with Crippen LogP contribution in [0.1, 0.15) is 19.3 Å². The van der Waals surface area contributed by atoms with E-state index in [1.54, 1.807) is 7.11 Å². The summed E-state index contributed by atoms with van der Waals surface area (Å²) in [6.07, 6.45) is 4.41. The Balaban J connectivity index is 1.72. The lowest BCUT2D eigenvalue weighted by Gasteiger charge is -2.14. The third-order valence-electron chi connectivity index (χ3n) is 3.09. The van der Waals surface area contributed by atoms with Crippen molar-refractivity contribution in [1.82, 2.24) is 4.90 Å². The van der Waals surface area contributed by atoms with Gasteiger partial charge in [-0.15, -0.1) is 0 Å². The maximum Gasteiger partial charge on any atom is 0.0589 e. The number of likely N-dealkylation sites (tertiary alicyclic amines) is 1. The maximum absolute atomic E-state index is 5.05. The summed E-state index contributed by atoms with van der Waals surface area (Å²) in [4.78, 5) is 2.54. The zero-order valence-corrected chi connectivity index (χ0v) is 7.31. The summed E-state index contributed by atoms with van der Waals surface area (Å²) in [5.41, 5.74) is 0.785. The van der Waals surface area contributed by atoms with Crippen molar-refractivity contribution in [3.05, 3.63) is 0 Å². The fraction of sp³-hybridized carbons (Fsp3) is 1.00. The highest BCUT2D eigenvalue weighted by Crippen LogP contribution is 2.52. The van der Waals surface area contributed by atoms with Crippen molar-refractivity contribution in [2.75, 3.05) is 33.4 Å². The van der Waals surface area contributed by atoms with Gasteiger partial charge < -0.3 is 9.64 Å². The summed E-state index contributed by atoms with van der Waals surface area (Å²) >= 11 is 0. The summed E-state index contributed by atoms with van der Waals surface area (Å²) in [5.74, 6) is 0. The molecule has 0 radical (unpaired) electrons. The summed E-state index contributed by atoms with van der Waals surface area (Å²) in [6, 6.07) is 0. The van der Waals surface area contributed by atoms with E-state index in [1.807, 2.05) is 0 Å². The molecule has 1 spiro atoms. The smallest absolute Gasteiger partial charge is 0.0589 e. The third kappa shape index (κ3) is 1.57. The predicted octanol–water partition coefficient (Wildman–Crippen LogP) is 1.12. The maximum atomic E-state index is 5.05. The van der Waals surface area contributed by atoms with E-state index in [9.17, 15) is 0 Å². The molecule has 0 N–H and O–H groups in total. The van der Waals surface area contributed by atoms with Crippen LogP contribution in [0.4, 0.5) is 0 Å². The molecule has 2 heteroatoms. The van der Waals surface area contributed by atoms with E-state index in [0.717, 1.165) is 18.6 Å². The quantitative estimate of drug-likeness (QED) is 0.605. The molecule has 0 bridgehead atoms. The molecule has 2 rings (SSSR count). The van der Waals surface area contributed by atoms with Crippen LogP contribution in [-0.2, 0) is 4.74 Å². The molecule has 0 aromatic carbocycles. The number of hydrogen-bond donors (Lipinski definition) is 0. The Morgan fingerprint density at radius 3 is 2.73 bits per heavy atom. The Hall–Kier alpha value is -0.0800. The highest BCUT2D eigenvalue weighted by molar-refractivity contribution is 5.00. The lowest BCUT2D eigenvalue weighted by atomic mass is 10.1. The first-order chi connectivity index (χ1) is 5.35. The Bertz CT molecular complexity index is 142. The first kappa shape index (κ1) is 7.56. The average Bonchev–Trinajstić information content (AvgIpc) is 2.61. The third-order valence-corrected chi connectivity index (χ3v) is 3.09. The molecule has 64 valence electrons. The number of rotatable bonds is 3. The summed E-state index contributed by atoms with van der Waals surface area (Å²) in [6.45, 7) is 4.69. The molecule has 2 aliphatic rings. The largest absolute Gasteiger partial charge is 0.383 e. The van der Waals surface area contributed by atoms with Crippen molar-refractivity contribution >= 4 is 0 Å². The van der Waals surface area contributed by atoms with E-state index < -0.39 is 0 Å². The van der Waals surface area contributed by atoms with Gasteiger partial charge in [0.05, 0.1) is 6.61 Å². The molecule has 0 aromatic heterocycles. The van der Waals surface area contributed by atoms with Crippen LogP contribution < -0.4 is 0 Å². The molecule has 1 aliphatic carbocycles. The molecule has 11 heavy (non-hydrogen) atoms. The molecule has 0 aromatic rings. The van der Waals surface area contributed by atoms with Gasteiger partial charge in [-0.3, -0.25) is 0 Å². The second-order valence-corrected chi connectivity index (χ2v) is 4.02. The highest BCUT2D eigenvalue weighted by atomic mass is 16.5. The van der Waals surface area contributed by atoms with E-state index in [0.29, 0.717) is 0 Å². The van der Waals surface area contributed by atoms with E-state index >= 15 is 0 Å². The molecular formula is C9H17NO. The van der Waals surface area contributed by atoms with E-state index in [4.69, 9.17) is 4.74 Å². The van der Waals surface area contributed by atoms with Crippen LogP contribution in [0.3, 0.4) is 0 Å². The second kappa shape index (κ2) is 2.76. The normalized spacial score (nSPS) is 28.1. The van der Waals surface area contributed by atoms with Crippen molar-refractivity contribution in [1.29, 1.82) is 0 Å². The molecule has 1 aliphatic heterocycles. The van der Waals surface area contributed by atoms with Crippen LogP contribution in [0.25, 0.3) is 0 Å². The van der Waals surface area contributed by atoms with Gasteiger partial charge in [0.25, 0.3) is 0 Å². The molecule has 1 heterocycles. The molecule has 0 amide bonds. The zero-order chi connectivity index (χ0) is 7.73. The first-order valence-corrected chi connectivity index (χ1v) is 4.56. The number of ether oxygens (including phenoxy) is 1. The molecule has 2 nitrogen and oxygen atoms in total. The Kier molecular flexibility index (Phi) is 1.90. The number of methoxy groups -OCH3 is 1. The summed E-state index contributed by atoms with van der Waals surface area (Å²) in [7, 11) is 1.78. The Morgan fingerprint density at radius 2 is 2.18 bits per heavy atom. The van der Waals surface area contributed by atoms with Gasteiger partial charge in [0.2, 0.25) is 0 Å². The SMILES string of the molecule is COCCN1CCC2(CC2)C1. The minimum Gasteiger partial charge on any atom is -0.383 e. The van der Waals surface area contributed by atoms with Gasteiger partial charge in [-0.1, -0.05) is 0 Å². The van der Waals surface area contributed by atoms with Crippen molar-refractivity contribution < 1.29 is 4.74 Å². The molecule has 1 saturated carbocycles. The standard InChI is InChI=1S/C9H17NO/c1-11-7-6-10-5-4-9(8-10)2-3-9/h2-8H2,1H3. The molecular weight excluding hydrogens is 138 g/mol. The van der Waals surface area contributed by atoms with Crippen molar-refractivity contribution in [2.45, 2.75) is 19.3 Å². The van der Waals surface area contributed by atoms with Crippen LogP contribution >= 0.6 is 0 Å². The van der Waals surface area contributed by atoms with Crippen LogP contribution in [-0.4, -0.2) is 38.3 Å². The molecule has 0 unspecified atom stereocenters. The Labute approximate surface area is 68.5 Å². The van der Waals surface area contributed by atoms with E-state index in [-0.39, 0.29) is 0 Å². The minimum absolute atomic E-state index is 0.785. The van der Waals surface area contributed by atoms with Gasteiger partial charge in [-0.25, -0.2) is 0 Å². The summed E-state index contributed by atoms with van der Waals surface area (Å²) < 4.78 is 5.05. The first-order valence-electron chi connectivity index (χ1n) is 4.56. The van der Waals surface area contributed by atoms with Gasteiger partial charge in [-0.2, -0.15) is 0 Å². The van der Waals surface area contributed by atoms with Gasteiger partial charge in [-0.05, 0) is 31.2 Å². The molecule has 0 atom stereocenters. The molecule has 2 fully saturated rings. The average molecular weight is 155 g/mol. The fourth-order valence-corrected chi connectivity index (χ4v) is 2.02. The molecule has 1 saturated heterocycles. The summed E-state index contributed by atoms with van der Waals surface area (Å²) in [5, 5.41) is 0. The van der Waals surface area contributed by atoms with Crippen LogP contribution in [0.2, 0.25) is 0 Å². The van der Waals surface area contributed by atoms with Crippen LogP contribution in [0, 0.1) is 5.41 Å². The topological polar surface area (TPSA) is 12.5 Å². The van der Waals surface area contributed by atoms with E-state index in [2.05, 4.69) is 4.90 Å². The Morgan fingerprint density at radius 1 is 1.36 bits per heavy atom. The van der Waals surface area contributed by atoms with Crippen LogP contribution in [0.15, 0.2) is 0 Å². The lowest BCUT2D eigenvalue weighted by Crippen LogP contribution is -2.25. The lowest BCUT2D eigenvalue weighted by molar-refractivity contribution is 0.158. The van der Waals surface area contributed by atoms with Gasteiger partial charge in [0.1, 0.15) is 0 Å². The van der Waals surface area contributed by atoms with Gasteiger partial charge in [0.15, 0.2) is 0 Å². The van der Waals surface area contributed by atoms with E-state index in [1.165, 1.54) is 32.4 Å². The van der Waals surface area contributed by atoms with Gasteiger partial charge in [0, 0.05) is 20.2 Å². The van der Waals surface area contributed by atoms with Crippen LogP contribution in [0.5, 0.6) is 0 Å². The number of nitrogens with zero attached hydrogens (tertiary/aromatic N) is 1. The second-order valence-electron chi connectivity index (χ2n) is 4.02. The fourth-order valence-electron chi connectivity index (χ4n) is 2.02. The monoisotopic (exact) mass is 155 g/mol. The minimum atomic E-state index is 0.785. The number of hydrogen-bond acceptors (Lipinski definition) is 2. The predicted molar refractivity (Wildman–Crippen MR) is 44.6 cm³/mol. The zero-order valence-electron chi connectivity index (χ0n) is 7.31.